The number of aryl methyl sites for hydroxylation is 1. The molecule has 2 N–H and O–H groups in total. The molecule has 180 valence electrons. The minimum absolute atomic E-state index is 0.0642. The summed E-state index contributed by atoms with van der Waals surface area (Å²) in [4.78, 5) is 23.9. The van der Waals surface area contributed by atoms with E-state index < -0.39 is 20.9 Å². The highest BCUT2D eigenvalue weighted by molar-refractivity contribution is 7.89. The number of nitrogens with one attached hydrogen (secondary N) is 2. The smallest absolute Gasteiger partial charge is 0.270 e. The molecule has 0 aliphatic carbocycles. The van der Waals surface area contributed by atoms with Crippen LogP contribution in [0.25, 0.3) is 0 Å². The Morgan fingerprint density at radius 2 is 1.79 bits per heavy atom. The van der Waals surface area contributed by atoms with Gasteiger partial charge in [0.1, 0.15) is 0 Å². The van der Waals surface area contributed by atoms with Crippen molar-refractivity contribution in [3.63, 3.8) is 0 Å². The summed E-state index contributed by atoms with van der Waals surface area (Å²) in [5.41, 5.74) is 1.94. The Morgan fingerprint density at radius 1 is 1.12 bits per heavy atom. The number of nitro groups is 1. The van der Waals surface area contributed by atoms with Gasteiger partial charge in [-0.15, -0.1) is 0 Å². The van der Waals surface area contributed by atoms with E-state index in [2.05, 4.69) is 10.6 Å². The number of carbonyl (C=O) groups excluding carboxylic acids is 1. The summed E-state index contributed by atoms with van der Waals surface area (Å²) in [6.45, 7) is 8.44. The van der Waals surface area contributed by atoms with E-state index in [1.165, 1.54) is 35.7 Å². The van der Waals surface area contributed by atoms with Crippen LogP contribution in [0.1, 0.15) is 35.3 Å². The zero-order chi connectivity index (χ0) is 24.8. The number of anilines is 2. The van der Waals surface area contributed by atoms with Crippen LogP contribution in [-0.4, -0.2) is 56.9 Å². The molecular formula is C22H30N4O6S. The Kier molecular flexibility index (Phi) is 8.91. The second kappa shape index (κ2) is 11.2. The highest BCUT2D eigenvalue weighted by Gasteiger charge is 2.24. The first-order valence-corrected chi connectivity index (χ1v) is 11.9. The van der Waals surface area contributed by atoms with E-state index >= 15 is 0 Å². The molecule has 0 saturated carbocycles. The molecule has 0 heterocycles. The topological polar surface area (TPSA) is 131 Å². The van der Waals surface area contributed by atoms with Crippen LogP contribution < -0.4 is 10.6 Å². The Bertz CT molecular complexity index is 1130. The van der Waals surface area contributed by atoms with Crippen LogP contribution in [0.15, 0.2) is 35.2 Å². The van der Waals surface area contributed by atoms with Gasteiger partial charge in [0.05, 0.1) is 22.0 Å². The van der Waals surface area contributed by atoms with Gasteiger partial charge in [-0.2, -0.15) is 4.31 Å². The first kappa shape index (κ1) is 26.2. The molecule has 2 aromatic rings. The van der Waals surface area contributed by atoms with E-state index in [1.807, 2.05) is 0 Å². The standard InChI is InChI=1S/C22H30N4O6S/c1-6-25(7-2)33(30,31)18-12-15(3)16(4)21(14-18)24-22(27)19-13-17(26(28)29)8-9-20(19)23-10-11-32-5/h8-9,12-14,23H,6-7,10-11H2,1-5H3,(H,24,27). The molecule has 0 unspecified atom stereocenters. The van der Waals surface area contributed by atoms with Crippen molar-refractivity contribution in [2.75, 3.05) is 44.0 Å². The summed E-state index contributed by atoms with van der Waals surface area (Å²) in [5.74, 6) is -0.599. The first-order chi connectivity index (χ1) is 15.6. The highest BCUT2D eigenvalue weighted by Crippen LogP contribution is 2.28. The maximum atomic E-state index is 13.1. The van der Waals surface area contributed by atoms with E-state index in [1.54, 1.807) is 33.8 Å². The van der Waals surface area contributed by atoms with Crippen molar-refractivity contribution < 1.29 is 22.9 Å². The average molecular weight is 479 g/mol. The second-order valence-corrected chi connectivity index (χ2v) is 9.30. The lowest BCUT2D eigenvalue weighted by molar-refractivity contribution is -0.384. The molecule has 11 heteroatoms. The van der Waals surface area contributed by atoms with Crippen LogP contribution >= 0.6 is 0 Å². The number of methoxy groups -OCH3 is 1. The zero-order valence-corrected chi connectivity index (χ0v) is 20.3. The van der Waals surface area contributed by atoms with E-state index in [0.29, 0.717) is 48.7 Å². The minimum Gasteiger partial charge on any atom is -0.383 e. The van der Waals surface area contributed by atoms with Gasteiger partial charge in [-0.1, -0.05) is 13.8 Å². The SMILES string of the molecule is CCN(CC)S(=O)(=O)c1cc(C)c(C)c(NC(=O)c2cc([N+](=O)[O-])ccc2NCCOC)c1. The number of amides is 1. The lowest BCUT2D eigenvalue weighted by Gasteiger charge is -2.20. The van der Waals surface area contributed by atoms with Crippen LogP contribution in [0.2, 0.25) is 0 Å². The summed E-state index contributed by atoms with van der Waals surface area (Å²) in [7, 11) is -2.20. The molecular weight excluding hydrogens is 448 g/mol. The molecule has 0 aliphatic rings. The highest BCUT2D eigenvalue weighted by atomic mass is 32.2. The van der Waals surface area contributed by atoms with Crippen LogP contribution in [0.4, 0.5) is 17.1 Å². The summed E-state index contributed by atoms with van der Waals surface area (Å²) in [6, 6.07) is 6.94. The number of carbonyl (C=O) groups is 1. The molecule has 0 saturated heterocycles. The van der Waals surface area contributed by atoms with Crippen molar-refractivity contribution in [1.29, 1.82) is 0 Å². The summed E-state index contributed by atoms with van der Waals surface area (Å²) in [5, 5.41) is 17.0. The Labute approximate surface area is 194 Å². The van der Waals surface area contributed by atoms with Gasteiger partial charge in [0, 0.05) is 50.3 Å². The van der Waals surface area contributed by atoms with E-state index in [-0.39, 0.29) is 16.1 Å². The van der Waals surface area contributed by atoms with Gasteiger partial charge in [0.15, 0.2) is 0 Å². The summed E-state index contributed by atoms with van der Waals surface area (Å²) in [6.07, 6.45) is 0. The molecule has 33 heavy (non-hydrogen) atoms. The fourth-order valence-corrected chi connectivity index (χ4v) is 4.85. The van der Waals surface area contributed by atoms with Crippen LogP contribution in [0.3, 0.4) is 0 Å². The fourth-order valence-electron chi connectivity index (χ4n) is 3.28. The second-order valence-electron chi connectivity index (χ2n) is 7.36. The molecule has 0 aromatic heterocycles. The number of hydrogen-bond acceptors (Lipinski definition) is 7. The third-order valence-electron chi connectivity index (χ3n) is 5.31. The number of non-ortho nitro benzene ring substituents is 1. The van der Waals surface area contributed by atoms with Crippen LogP contribution in [-0.2, 0) is 14.8 Å². The Balaban J connectivity index is 2.49. The molecule has 10 nitrogen and oxygen atoms in total. The van der Waals surface area contributed by atoms with Crippen molar-refractivity contribution >= 4 is 33.0 Å². The molecule has 1 amide bonds. The third kappa shape index (κ3) is 6.06. The molecule has 0 spiro atoms. The fraction of sp³-hybridized carbons (Fsp3) is 0.409. The van der Waals surface area contributed by atoms with Crippen molar-refractivity contribution in [1.82, 2.24) is 4.31 Å². The van der Waals surface area contributed by atoms with Crippen LogP contribution in [0, 0.1) is 24.0 Å². The van der Waals surface area contributed by atoms with Gasteiger partial charge in [0.2, 0.25) is 10.0 Å². The maximum absolute atomic E-state index is 13.1. The quantitative estimate of drug-likeness (QED) is 0.287. The van der Waals surface area contributed by atoms with E-state index in [9.17, 15) is 23.3 Å². The van der Waals surface area contributed by atoms with Crippen molar-refractivity contribution in [2.45, 2.75) is 32.6 Å². The lowest BCUT2D eigenvalue weighted by atomic mass is 10.1. The first-order valence-electron chi connectivity index (χ1n) is 10.5. The number of rotatable bonds is 11. The number of nitrogens with zero attached hydrogens (tertiary/aromatic N) is 2. The number of benzene rings is 2. The summed E-state index contributed by atoms with van der Waals surface area (Å²) >= 11 is 0. The maximum Gasteiger partial charge on any atom is 0.270 e. The minimum atomic E-state index is -3.74. The van der Waals surface area contributed by atoms with Crippen molar-refractivity contribution in [3.05, 3.63) is 57.1 Å². The molecule has 0 radical (unpaired) electrons. The van der Waals surface area contributed by atoms with E-state index in [0.717, 1.165) is 0 Å². The average Bonchev–Trinajstić information content (AvgIpc) is 2.77. The largest absolute Gasteiger partial charge is 0.383 e. The molecule has 0 aliphatic heterocycles. The van der Waals surface area contributed by atoms with Crippen molar-refractivity contribution in [3.8, 4) is 0 Å². The van der Waals surface area contributed by atoms with Gasteiger partial charge in [-0.25, -0.2) is 8.42 Å². The monoisotopic (exact) mass is 478 g/mol. The molecule has 0 atom stereocenters. The lowest BCUT2D eigenvalue weighted by Crippen LogP contribution is -2.30. The van der Waals surface area contributed by atoms with Crippen LogP contribution in [0.5, 0.6) is 0 Å². The number of nitro benzene ring substituents is 1. The van der Waals surface area contributed by atoms with Crippen molar-refractivity contribution in [2.24, 2.45) is 0 Å². The van der Waals surface area contributed by atoms with E-state index in [4.69, 9.17) is 4.74 Å². The molecule has 0 fully saturated rings. The molecule has 2 rings (SSSR count). The number of hydrogen-bond donors (Lipinski definition) is 2. The molecule has 2 aromatic carbocycles. The predicted molar refractivity (Wildman–Crippen MR) is 127 cm³/mol. The van der Waals surface area contributed by atoms with Gasteiger partial charge in [-0.05, 0) is 43.2 Å². The van der Waals surface area contributed by atoms with Gasteiger partial charge < -0.3 is 15.4 Å². The van der Waals surface area contributed by atoms with Gasteiger partial charge in [0.25, 0.3) is 11.6 Å². The number of sulfonamides is 1. The summed E-state index contributed by atoms with van der Waals surface area (Å²) < 4.78 is 32.3. The number of ether oxygens (including phenoxy) is 1. The van der Waals surface area contributed by atoms with Gasteiger partial charge >= 0.3 is 0 Å². The Hall–Kier alpha value is -3.02. The third-order valence-corrected chi connectivity index (χ3v) is 7.34. The molecule has 0 bridgehead atoms. The zero-order valence-electron chi connectivity index (χ0n) is 19.5. The Morgan fingerprint density at radius 3 is 2.36 bits per heavy atom. The normalized spacial score (nSPS) is 11.5. The predicted octanol–water partition coefficient (Wildman–Crippen LogP) is 3.55. The van der Waals surface area contributed by atoms with Gasteiger partial charge in [-0.3, -0.25) is 14.9 Å².